The van der Waals surface area contributed by atoms with Gasteiger partial charge in [-0.15, -0.1) is 11.3 Å². The molecule has 1 heterocycles. The first-order valence-corrected chi connectivity index (χ1v) is 8.01. The minimum atomic E-state index is -0.294. The fourth-order valence-electron chi connectivity index (χ4n) is 2.39. The average Bonchev–Trinajstić information content (AvgIpc) is 2.96. The number of carbonyl (C=O) groups is 1. The number of amides is 1. The van der Waals surface area contributed by atoms with Gasteiger partial charge in [-0.3, -0.25) is 4.79 Å². The van der Waals surface area contributed by atoms with E-state index in [2.05, 4.69) is 5.32 Å². The Hall–Kier alpha value is -2.24. The highest BCUT2D eigenvalue weighted by Gasteiger charge is 2.10. The molecule has 0 unspecified atom stereocenters. The van der Waals surface area contributed by atoms with E-state index in [0.717, 1.165) is 21.2 Å². The first kappa shape index (κ1) is 15.6. The van der Waals surface area contributed by atoms with Crippen molar-refractivity contribution >= 4 is 27.3 Å². The Balaban J connectivity index is 1.69. The molecule has 0 bridgehead atoms. The van der Waals surface area contributed by atoms with Gasteiger partial charge in [0.2, 0.25) is 0 Å². The Morgan fingerprint density at radius 3 is 2.83 bits per heavy atom. The Morgan fingerprint density at radius 1 is 1.17 bits per heavy atom. The van der Waals surface area contributed by atoms with E-state index in [1.54, 1.807) is 19.2 Å². The molecule has 0 aliphatic carbocycles. The first-order chi connectivity index (χ1) is 11.2. The molecule has 1 aromatic heterocycles. The maximum atomic E-state index is 13.2. The predicted octanol–water partition coefficient (Wildman–Crippen LogP) is 4.12. The first-order valence-electron chi connectivity index (χ1n) is 7.20. The maximum Gasteiger partial charge on any atom is 0.261 e. The summed E-state index contributed by atoms with van der Waals surface area (Å²) in [5.41, 5.74) is 2.08. The lowest BCUT2D eigenvalue weighted by Gasteiger charge is -2.06. The third kappa shape index (κ3) is 3.75. The number of thiophene rings is 1. The van der Waals surface area contributed by atoms with Gasteiger partial charge >= 0.3 is 0 Å². The summed E-state index contributed by atoms with van der Waals surface area (Å²) in [6.07, 6.45) is 0. The lowest BCUT2D eigenvalue weighted by atomic mass is 10.1. The molecule has 0 saturated carbocycles. The zero-order valence-electron chi connectivity index (χ0n) is 12.6. The van der Waals surface area contributed by atoms with Crippen molar-refractivity contribution in [3.8, 4) is 0 Å². The normalized spacial score (nSPS) is 10.9. The zero-order chi connectivity index (χ0) is 16.2. The minimum Gasteiger partial charge on any atom is -0.380 e. The van der Waals surface area contributed by atoms with Gasteiger partial charge in [-0.2, -0.15) is 0 Å². The molecule has 0 spiro atoms. The molecule has 1 N–H and O–H groups in total. The summed E-state index contributed by atoms with van der Waals surface area (Å²) in [5.74, 6) is -0.444. The van der Waals surface area contributed by atoms with Crippen molar-refractivity contribution in [3.63, 3.8) is 0 Å². The molecule has 0 atom stereocenters. The van der Waals surface area contributed by atoms with E-state index >= 15 is 0 Å². The number of hydrogen-bond donors (Lipinski definition) is 1. The molecule has 2 aromatic carbocycles. The van der Waals surface area contributed by atoms with E-state index in [0.29, 0.717) is 18.0 Å². The lowest BCUT2D eigenvalue weighted by Crippen LogP contribution is -2.21. The van der Waals surface area contributed by atoms with E-state index in [4.69, 9.17) is 4.74 Å². The largest absolute Gasteiger partial charge is 0.380 e. The van der Waals surface area contributed by atoms with Gasteiger partial charge < -0.3 is 10.1 Å². The summed E-state index contributed by atoms with van der Waals surface area (Å²) in [4.78, 5) is 12.8. The van der Waals surface area contributed by atoms with Gasteiger partial charge in [0, 0.05) is 18.4 Å². The van der Waals surface area contributed by atoms with Gasteiger partial charge in [-0.1, -0.05) is 24.3 Å². The summed E-state index contributed by atoms with van der Waals surface area (Å²) in [5, 5.41) is 3.65. The predicted molar refractivity (Wildman–Crippen MR) is 90.1 cm³/mol. The van der Waals surface area contributed by atoms with Crippen LogP contribution in [0.15, 0.2) is 48.5 Å². The number of methoxy groups -OCH3 is 1. The SMILES string of the molecule is COCc1cccc(CNC(=O)c2cc3cc(F)ccc3s2)c1. The molecule has 0 saturated heterocycles. The van der Waals surface area contributed by atoms with E-state index in [1.165, 1.54) is 23.5 Å². The van der Waals surface area contributed by atoms with Crippen LogP contribution in [0.2, 0.25) is 0 Å². The maximum absolute atomic E-state index is 13.2. The van der Waals surface area contributed by atoms with Gasteiger partial charge in [-0.25, -0.2) is 4.39 Å². The highest BCUT2D eigenvalue weighted by molar-refractivity contribution is 7.20. The van der Waals surface area contributed by atoms with Crippen LogP contribution in [0.5, 0.6) is 0 Å². The van der Waals surface area contributed by atoms with Crippen molar-refractivity contribution < 1.29 is 13.9 Å². The van der Waals surface area contributed by atoms with Crippen molar-refractivity contribution in [2.24, 2.45) is 0 Å². The topological polar surface area (TPSA) is 38.3 Å². The number of hydrogen-bond acceptors (Lipinski definition) is 3. The Labute approximate surface area is 137 Å². The van der Waals surface area contributed by atoms with Gasteiger partial charge in [-0.05, 0) is 40.8 Å². The van der Waals surface area contributed by atoms with Crippen LogP contribution >= 0.6 is 11.3 Å². The van der Waals surface area contributed by atoms with Crippen molar-refractivity contribution in [1.29, 1.82) is 0 Å². The van der Waals surface area contributed by atoms with Crippen molar-refractivity contribution in [2.45, 2.75) is 13.2 Å². The Bertz CT molecular complexity index is 844. The number of benzene rings is 2. The summed E-state index contributed by atoms with van der Waals surface area (Å²) < 4.78 is 19.2. The molecule has 0 aliphatic heterocycles. The Kier molecular flexibility index (Phi) is 4.69. The highest BCUT2D eigenvalue weighted by atomic mass is 32.1. The fraction of sp³-hybridized carbons (Fsp3) is 0.167. The number of carbonyl (C=O) groups excluding carboxylic acids is 1. The third-order valence-corrected chi connectivity index (χ3v) is 4.57. The van der Waals surface area contributed by atoms with Crippen molar-refractivity contribution in [3.05, 3.63) is 70.4 Å². The molecule has 1 amide bonds. The second kappa shape index (κ2) is 6.89. The van der Waals surface area contributed by atoms with E-state index in [9.17, 15) is 9.18 Å². The second-order valence-corrected chi connectivity index (χ2v) is 6.31. The molecule has 0 radical (unpaired) electrons. The van der Waals surface area contributed by atoms with Crippen molar-refractivity contribution in [1.82, 2.24) is 5.32 Å². The average molecular weight is 329 g/mol. The Morgan fingerprint density at radius 2 is 2.00 bits per heavy atom. The number of nitrogens with one attached hydrogen (secondary N) is 1. The molecule has 0 fully saturated rings. The number of halogens is 1. The fourth-order valence-corrected chi connectivity index (χ4v) is 3.35. The number of rotatable bonds is 5. The summed E-state index contributed by atoms with van der Waals surface area (Å²) in [6, 6.07) is 14.1. The third-order valence-electron chi connectivity index (χ3n) is 3.46. The molecule has 3 nitrogen and oxygen atoms in total. The smallest absolute Gasteiger partial charge is 0.261 e. The second-order valence-electron chi connectivity index (χ2n) is 5.23. The lowest BCUT2D eigenvalue weighted by molar-refractivity contribution is 0.0955. The van der Waals surface area contributed by atoms with Crippen LogP contribution in [-0.2, 0) is 17.9 Å². The van der Waals surface area contributed by atoms with Crippen LogP contribution in [0.3, 0.4) is 0 Å². The monoisotopic (exact) mass is 329 g/mol. The van der Waals surface area contributed by atoms with Crippen LogP contribution in [0.25, 0.3) is 10.1 Å². The zero-order valence-corrected chi connectivity index (χ0v) is 13.5. The number of ether oxygens (including phenoxy) is 1. The summed E-state index contributed by atoms with van der Waals surface area (Å²) in [6.45, 7) is 0.989. The van der Waals surface area contributed by atoms with Crippen LogP contribution in [0.1, 0.15) is 20.8 Å². The molecule has 23 heavy (non-hydrogen) atoms. The van der Waals surface area contributed by atoms with Crippen LogP contribution < -0.4 is 5.32 Å². The molecule has 3 rings (SSSR count). The quantitative estimate of drug-likeness (QED) is 0.765. The minimum absolute atomic E-state index is 0.149. The van der Waals surface area contributed by atoms with E-state index < -0.39 is 0 Å². The van der Waals surface area contributed by atoms with Gasteiger partial charge in [0.05, 0.1) is 11.5 Å². The van der Waals surface area contributed by atoms with Gasteiger partial charge in [0.25, 0.3) is 5.91 Å². The molecule has 0 aliphatic rings. The van der Waals surface area contributed by atoms with Crippen LogP contribution in [0, 0.1) is 5.82 Å². The molecule has 5 heteroatoms. The summed E-state index contributed by atoms with van der Waals surface area (Å²) in [7, 11) is 1.65. The number of fused-ring (bicyclic) bond motifs is 1. The van der Waals surface area contributed by atoms with Crippen molar-refractivity contribution in [2.75, 3.05) is 7.11 Å². The summed E-state index contributed by atoms with van der Waals surface area (Å²) >= 11 is 1.36. The standard InChI is InChI=1S/C18H16FNO2S/c1-22-11-13-4-2-3-12(7-13)10-20-18(21)17-9-14-8-15(19)5-6-16(14)23-17/h2-9H,10-11H2,1H3,(H,20,21). The molecular formula is C18H16FNO2S. The van der Waals surface area contributed by atoms with Gasteiger partial charge in [0.15, 0.2) is 0 Å². The molecular weight excluding hydrogens is 313 g/mol. The molecule has 3 aromatic rings. The molecule has 118 valence electrons. The van der Waals surface area contributed by atoms with Crippen LogP contribution in [-0.4, -0.2) is 13.0 Å². The highest BCUT2D eigenvalue weighted by Crippen LogP contribution is 2.26. The van der Waals surface area contributed by atoms with Crippen LogP contribution in [0.4, 0.5) is 4.39 Å². The van der Waals surface area contributed by atoms with E-state index in [1.807, 2.05) is 24.3 Å². The van der Waals surface area contributed by atoms with Gasteiger partial charge in [0.1, 0.15) is 5.82 Å². The van der Waals surface area contributed by atoms with E-state index in [-0.39, 0.29) is 11.7 Å².